The van der Waals surface area contributed by atoms with Gasteiger partial charge in [-0.2, -0.15) is 11.8 Å². The molecular formula is C13H26N2OS. The van der Waals surface area contributed by atoms with Crippen LogP contribution < -0.4 is 5.73 Å². The third-order valence-corrected chi connectivity index (χ3v) is 5.28. The van der Waals surface area contributed by atoms with E-state index >= 15 is 0 Å². The second-order valence-corrected chi connectivity index (χ2v) is 6.30. The Labute approximate surface area is 109 Å². The first-order valence-electron chi connectivity index (χ1n) is 6.98. The maximum atomic E-state index is 6.01. The first-order valence-corrected chi connectivity index (χ1v) is 8.14. The van der Waals surface area contributed by atoms with E-state index < -0.39 is 0 Å². The van der Waals surface area contributed by atoms with E-state index in [1.807, 2.05) is 0 Å². The van der Waals surface area contributed by atoms with Crippen molar-refractivity contribution < 1.29 is 4.74 Å². The molecule has 2 rings (SSSR count). The Hall–Kier alpha value is 0.230. The lowest BCUT2D eigenvalue weighted by atomic mass is 9.97. The highest BCUT2D eigenvalue weighted by Crippen LogP contribution is 2.29. The van der Waals surface area contributed by atoms with Gasteiger partial charge in [0.25, 0.3) is 0 Å². The van der Waals surface area contributed by atoms with E-state index in [1.54, 1.807) is 0 Å². The number of thioether (sulfide) groups is 1. The van der Waals surface area contributed by atoms with Gasteiger partial charge in [0, 0.05) is 25.7 Å². The first kappa shape index (κ1) is 13.7. The van der Waals surface area contributed by atoms with Gasteiger partial charge in [-0.05, 0) is 43.2 Å². The molecule has 0 bridgehead atoms. The summed E-state index contributed by atoms with van der Waals surface area (Å²) < 4.78 is 5.75. The molecule has 0 radical (unpaired) electrons. The number of nitrogens with zero attached hydrogens (tertiary/aromatic N) is 1. The summed E-state index contributed by atoms with van der Waals surface area (Å²) in [6.07, 6.45) is 4.26. The summed E-state index contributed by atoms with van der Waals surface area (Å²) in [5.74, 6) is 3.41. The Kier molecular flexibility index (Phi) is 5.60. The second-order valence-electron chi connectivity index (χ2n) is 5.15. The summed E-state index contributed by atoms with van der Waals surface area (Å²) in [5.41, 5.74) is 6.01. The molecule has 2 aliphatic heterocycles. The molecule has 0 amide bonds. The van der Waals surface area contributed by atoms with Gasteiger partial charge in [0.1, 0.15) is 0 Å². The van der Waals surface area contributed by atoms with Crippen molar-refractivity contribution in [1.29, 1.82) is 0 Å². The van der Waals surface area contributed by atoms with Crippen molar-refractivity contribution in [2.45, 2.75) is 38.3 Å². The number of nitrogens with two attached hydrogens (primary N) is 1. The standard InChI is InChI=1S/C13H26N2OS/c1-2-15(9-12-4-3-6-16-12)13(8-14)11-5-7-17-10-11/h11-13H,2-10,14H2,1H3. The van der Waals surface area contributed by atoms with Crippen molar-refractivity contribution in [3.63, 3.8) is 0 Å². The van der Waals surface area contributed by atoms with Gasteiger partial charge < -0.3 is 10.5 Å². The predicted octanol–water partition coefficient (Wildman–Crippen LogP) is 1.57. The average molecular weight is 258 g/mol. The maximum absolute atomic E-state index is 6.01. The molecular weight excluding hydrogens is 232 g/mol. The SMILES string of the molecule is CCN(CC1CCCO1)C(CN)C1CCSC1. The molecule has 0 aromatic heterocycles. The van der Waals surface area contributed by atoms with Crippen LogP contribution in [0.3, 0.4) is 0 Å². The minimum Gasteiger partial charge on any atom is -0.377 e. The van der Waals surface area contributed by atoms with Crippen molar-refractivity contribution in [2.24, 2.45) is 11.7 Å². The zero-order chi connectivity index (χ0) is 12.1. The Morgan fingerprint density at radius 3 is 2.88 bits per heavy atom. The number of rotatable bonds is 6. The van der Waals surface area contributed by atoms with Crippen LogP contribution >= 0.6 is 11.8 Å². The van der Waals surface area contributed by atoms with Crippen LogP contribution in [0.4, 0.5) is 0 Å². The molecule has 100 valence electrons. The van der Waals surface area contributed by atoms with Crippen LogP contribution in [0.2, 0.25) is 0 Å². The average Bonchev–Trinajstić information content (AvgIpc) is 3.00. The highest BCUT2D eigenvalue weighted by atomic mass is 32.2. The molecule has 3 unspecified atom stereocenters. The van der Waals surface area contributed by atoms with Crippen molar-refractivity contribution in [3.05, 3.63) is 0 Å². The normalized spacial score (nSPS) is 31.2. The lowest BCUT2D eigenvalue weighted by molar-refractivity contribution is 0.0503. The summed E-state index contributed by atoms with van der Waals surface area (Å²) in [7, 11) is 0. The number of hydrogen-bond donors (Lipinski definition) is 1. The molecule has 2 N–H and O–H groups in total. The van der Waals surface area contributed by atoms with Crippen molar-refractivity contribution >= 4 is 11.8 Å². The lowest BCUT2D eigenvalue weighted by Crippen LogP contribution is -2.48. The maximum Gasteiger partial charge on any atom is 0.0702 e. The van der Waals surface area contributed by atoms with E-state index in [1.165, 1.54) is 30.8 Å². The smallest absolute Gasteiger partial charge is 0.0702 e. The highest BCUT2D eigenvalue weighted by molar-refractivity contribution is 7.99. The molecule has 0 spiro atoms. The fourth-order valence-electron chi connectivity index (χ4n) is 3.04. The van der Waals surface area contributed by atoms with E-state index in [0.29, 0.717) is 12.1 Å². The van der Waals surface area contributed by atoms with E-state index in [0.717, 1.165) is 32.2 Å². The molecule has 3 nitrogen and oxygen atoms in total. The summed E-state index contributed by atoms with van der Waals surface area (Å²) in [4.78, 5) is 2.56. The van der Waals surface area contributed by atoms with Crippen LogP contribution in [0.25, 0.3) is 0 Å². The van der Waals surface area contributed by atoms with Crippen LogP contribution in [0.15, 0.2) is 0 Å². The molecule has 0 aliphatic carbocycles. The monoisotopic (exact) mass is 258 g/mol. The Morgan fingerprint density at radius 2 is 2.35 bits per heavy atom. The molecule has 2 heterocycles. The van der Waals surface area contributed by atoms with Crippen molar-refractivity contribution in [2.75, 3.05) is 37.7 Å². The van der Waals surface area contributed by atoms with Crippen LogP contribution in [0, 0.1) is 5.92 Å². The van der Waals surface area contributed by atoms with E-state index in [-0.39, 0.29) is 0 Å². The van der Waals surface area contributed by atoms with Gasteiger partial charge in [0.2, 0.25) is 0 Å². The third-order valence-electron chi connectivity index (χ3n) is 4.09. The zero-order valence-electron chi connectivity index (χ0n) is 10.9. The van der Waals surface area contributed by atoms with Gasteiger partial charge in [-0.15, -0.1) is 0 Å². The quantitative estimate of drug-likeness (QED) is 0.785. The van der Waals surface area contributed by atoms with Gasteiger partial charge >= 0.3 is 0 Å². The Morgan fingerprint density at radius 1 is 1.47 bits per heavy atom. The predicted molar refractivity (Wildman–Crippen MR) is 74.5 cm³/mol. The third kappa shape index (κ3) is 3.60. The van der Waals surface area contributed by atoms with Crippen LogP contribution in [0.5, 0.6) is 0 Å². The highest BCUT2D eigenvalue weighted by Gasteiger charge is 2.30. The van der Waals surface area contributed by atoms with Crippen molar-refractivity contribution in [3.8, 4) is 0 Å². The molecule has 0 saturated carbocycles. The summed E-state index contributed by atoms with van der Waals surface area (Å²) >= 11 is 2.08. The summed E-state index contributed by atoms with van der Waals surface area (Å²) in [6, 6.07) is 0.569. The van der Waals surface area contributed by atoms with Gasteiger partial charge in [-0.25, -0.2) is 0 Å². The van der Waals surface area contributed by atoms with Crippen LogP contribution in [-0.4, -0.2) is 54.8 Å². The van der Waals surface area contributed by atoms with Gasteiger partial charge in [0.15, 0.2) is 0 Å². The zero-order valence-corrected chi connectivity index (χ0v) is 11.8. The Bertz CT molecular complexity index is 215. The number of hydrogen-bond acceptors (Lipinski definition) is 4. The van der Waals surface area contributed by atoms with Crippen molar-refractivity contribution in [1.82, 2.24) is 4.90 Å². The summed E-state index contributed by atoms with van der Waals surface area (Å²) in [6.45, 7) is 6.18. The Balaban J connectivity index is 1.88. The summed E-state index contributed by atoms with van der Waals surface area (Å²) in [5, 5.41) is 0. The van der Waals surface area contributed by atoms with Gasteiger partial charge in [0.05, 0.1) is 6.10 Å². The minimum atomic E-state index is 0.457. The van der Waals surface area contributed by atoms with E-state index in [2.05, 4.69) is 23.6 Å². The fourth-order valence-corrected chi connectivity index (χ4v) is 4.37. The molecule has 0 aromatic carbocycles. The minimum absolute atomic E-state index is 0.457. The number of likely N-dealkylation sites (N-methyl/N-ethyl adjacent to an activating group) is 1. The molecule has 2 aliphatic rings. The largest absolute Gasteiger partial charge is 0.377 e. The molecule has 0 aromatic rings. The van der Waals surface area contributed by atoms with E-state index in [9.17, 15) is 0 Å². The number of ether oxygens (including phenoxy) is 1. The topological polar surface area (TPSA) is 38.5 Å². The van der Waals surface area contributed by atoms with Crippen LogP contribution in [-0.2, 0) is 4.74 Å². The van der Waals surface area contributed by atoms with E-state index in [4.69, 9.17) is 10.5 Å². The first-order chi connectivity index (χ1) is 8.35. The molecule has 3 atom stereocenters. The van der Waals surface area contributed by atoms with Gasteiger partial charge in [-0.1, -0.05) is 6.92 Å². The molecule has 2 saturated heterocycles. The fraction of sp³-hybridized carbons (Fsp3) is 1.00. The molecule has 2 fully saturated rings. The molecule has 4 heteroatoms. The van der Waals surface area contributed by atoms with Crippen LogP contribution in [0.1, 0.15) is 26.2 Å². The second kappa shape index (κ2) is 6.98. The lowest BCUT2D eigenvalue weighted by Gasteiger charge is -2.35. The molecule has 17 heavy (non-hydrogen) atoms. The van der Waals surface area contributed by atoms with Gasteiger partial charge in [-0.3, -0.25) is 4.90 Å².